The largest absolute Gasteiger partial charge is 0.481 e. The zero-order valence-electron chi connectivity index (χ0n) is 22.3. The van der Waals surface area contributed by atoms with E-state index in [9.17, 15) is 25.2 Å². The van der Waals surface area contributed by atoms with Crippen LogP contribution in [0.5, 0.6) is 0 Å². The lowest BCUT2D eigenvalue weighted by molar-refractivity contribution is -0.243. The van der Waals surface area contributed by atoms with Crippen molar-refractivity contribution >= 4 is 5.97 Å². The molecule has 0 aromatic rings. The average molecular weight is 487 g/mol. The van der Waals surface area contributed by atoms with Crippen LogP contribution in [-0.2, 0) is 4.79 Å². The molecule has 0 amide bonds. The number of aliphatic hydroxyl groups is 3. The Morgan fingerprint density at radius 1 is 1.09 bits per heavy atom. The molecule has 0 spiro atoms. The van der Waals surface area contributed by atoms with Crippen LogP contribution in [0.2, 0.25) is 0 Å². The summed E-state index contributed by atoms with van der Waals surface area (Å²) in [5.41, 5.74) is 0.748. The van der Waals surface area contributed by atoms with E-state index in [1.54, 1.807) is 0 Å². The summed E-state index contributed by atoms with van der Waals surface area (Å²) in [6.07, 6.45) is 7.00. The van der Waals surface area contributed by atoms with Crippen LogP contribution in [0.25, 0.3) is 0 Å². The van der Waals surface area contributed by atoms with Crippen LogP contribution in [0.3, 0.4) is 0 Å². The highest BCUT2D eigenvalue weighted by Gasteiger charge is 2.70. The molecule has 5 aliphatic carbocycles. The number of aliphatic carboxylic acids is 1. The monoisotopic (exact) mass is 486 g/mol. The van der Waals surface area contributed by atoms with Crippen LogP contribution < -0.4 is 0 Å². The van der Waals surface area contributed by atoms with Gasteiger partial charge < -0.3 is 20.4 Å². The molecule has 5 rings (SSSR count). The smallest absolute Gasteiger partial charge is 0.310 e. The van der Waals surface area contributed by atoms with Gasteiger partial charge in [-0.05, 0) is 85.4 Å². The van der Waals surface area contributed by atoms with Gasteiger partial charge in [0.1, 0.15) is 0 Å². The molecule has 4 saturated carbocycles. The van der Waals surface area contributed by atoms with Gasteiger partial charge in [-0.15, -0.1) is 0 Å². The molecule has 0 saturated heterocycles. The summed E-state index contributed by atoms with van der Waals surface area (Å²) < 4.78 is 0. The molecule has 5 nitrogen and oxygen atoms in total. The quantitative estimate of drug-likeness (QED) is 0.414. The maximum atomic E-state index is 12.8. The highest BCUT2D eigenvalue weighted by atomic mass is 16.4. The maximum Gasteiger partial charge on any atom is 0.310 e. The molecule has 4 fully saturated rings. The number of carboxylic acid groups (broad SMARTS) is 1. The summed E-state index contributed by atoms with van der Waals surface area (Å²) in [4.78, 5) is 12.8. The van der Waals surface area contributed by atoms with E-state index < -0.39 is 29.0 Å². The molecule has 0 bridgehead atoms. The minimum atomic E-state index is -0.917. The first-order valence-electron chi connectivity index (χ1n) is 13.8. The minimum Gasteiger partial charge on any atom is -0.481 e. The zero-order chi connectivity index (χ0) is 25.8. The Kier molecular flexibility index (Phi) is 5.59. The van der Waals surface area contributed by atoms with Gasteiger partial charge in [0, 0.05) is 11.3 Å². The van der Waals surface area contributed by atoms with Crippen LogP contribution >= 0.6 is 0 Å². The number of hydrogen-bond donors (Lipinski definition) is 4. The first-order chi connectivity index (χ1) is 16.2. The number of fused-ring (bicyclic) bond motifs is 7. The van der Waals surface area contributed by atoms with E-state index in [2.05, 4.69) is 40.3 Å². The molecule has 0 heterocycles. The van der Waals surface area contributed by atoms with E-state index in [4.69, 9.17) is 0 Å². The SMILES string of the molecule is C=C1CC[C@]2(C(=O)O)CC[C@]3(C)C(=CC[C@@H]4[C@@]5(C)C[C@@H](O)[C@@H](O)[C@@](C)(CO)C5CC[C@]43C)[C@@H]2[C@H]1C. The Bertz CT molecular complexity index is 972. The fraction of sp³-hybridized carbons (Fsp3) is 0.833. The summed E-state index contributed by atoms with van der Waals surface area (Å²) in [6, 6.07) is 0. The highest BCUT2D eigenvalue weighted by Crippen LogP contribution is 2.75. The van der Waals surface area contributed by atoms with E-state index in [1.807, 2.05) is 6.92 Å². The minimum absolute atomic E-state index is 0.00946. The van der Waals surface area contributed by atoms with Crippen LogP contribution in [-0.4, -0.2) is 45.2 Å². The van der Waals surface area contributed by atoms with Gasteiger partial charge in [-0.2, -0.15) is 0 Å². The Morgan fingerprint density at radius 3 is 2.40 bits per heavy atom. The van der Waals surface area contributed by atoms with Gasteiger partial charge in [0.15, 0.2) is 0 Å². The summed E-state index contributed by atoms with van der Waals surface area (Å²) in [5.74, 6) is -0.0668. The van der Waals surface area contributed by atoms with Crippen molar-refractivity contribution in [2.45, 2.75) is 98.2 Å². The Labute approximate surface area is 210 Å². The van der Waals surface area contributed by atoms with Crippen molar-refractivity contribution in [1.82, 2.24) is 0 Å². The second-order valence-corrected chi connectivity index (χ2v) is 14.1. The summed E-state index contributed by atoms with van der Waals surface area (Å²) in [7, 11) is 0. The number of carbonyl (C=O) groups is 1. The molecule has 0 radical (unpaired) electrons. The van der Waals surface area contributed by atoms with Crippen molar-refractivity contribution in [2.24, 2.45) is 50.7 Å². The van der Waals surface area contributed by atoms with Gasteiger partial charge >= 0.3 is 5.97 Å². The molecule has 0 aromatic heterocycles. The number of rotatable bonds is 2. The molecular formula is C30H46O5. The van der Waals surface area contributed by atoms with Gasteiger partial charge in [0.2, 0.25) is 0 Å². The average Bonchev–Trinajstić information content (AvgIpc) is 2.80. The molecule has 11 atom stereocenters. The Hall–Kier alpha value is -1.17. The third-order valence-electron chi connectivity index (χ3n) is 13.1. The lowest BCUT2D eigenvalue weighted by atomic mass is 9.33. The second kappa shape index (κ2) is 7.68. The maximum absolute atomic E-state index is 12.8. The normalized spacial score (nSPS) is 55.7. The molecular weight excluding hydrogens is 440 g/mol. The van der Waals surface area contributed by atoms with Gasteiger partial charge in [0.05, 0.1) is 24.2 Å². The van der Waals surface area contributed by atoms with Gasteiger partial charge in [0.25, 0.3) is 0 Å². The van der Waals surface area contributed by atoms with Crippen molar-refractivity contribution in [1.29, 1.82) is 0 Å². The van der Waals surface area contributed by atoms with E-state index in [1.165, 1.54) is 11.1 Å². The first kappa shape index (κ1) is 25.5. The van der Waals surface area contributed by atoms with E-state index in [0.717, 1.165) is 32.1 Å². The molecule has 5 aliphatic rings. The molecule has 5 heteroatoms. The summed E-state index contributed by atoms with van der Waals surface area (Å²) in [6.45, 7) is 15.5. The standard InChI is InChI=1S/C30H46O5/c1-17-9-12-30(25(34)35)14-13-28(5)19(23(30)18(17)2)7-8-22-26(3)15-20(32)24(33)27(4,16-31)21(26)10-11-29(22,28)6/h7,18,20-24,31-33H,1,8-16H2,2-6H3,(H,34,35)/t18-,20+,21?,22+,23-,24+,26-,27-,28+,29+,30-/m0/s1. The third kappa shape index (κ3) is 2.89. The second-order valence-electron chi connectivity index (χ2n) is 14.1. The lowest BCUT2D eigenvalue weighted by Crippen LogP contribution is -2.68. The number of hydrogen-bond acceptors (Lipinski definition) is 4. The summed E-state index contributed by atoms with van der Waals surface area (Å²) >= 11 is 0. The topological polar surface area (TPSA) is 98.0 Å². The molecule has 1 unspecified atom stereocenters. The van der Waals surface area contributed by atoms with Crippen molar-refractivity contribution < 1.29 is 25.2 Å². The van der Waals surface area contributed by atoms with Crippen molar-refractivity contribution in [3.63, 3.8) is 0 Å². The molecule has 35 heavy (non-hydrogen) atoms. The predicted octanol–water partition coefficient (Wildman–Crippen LogP) is 4.95. The predicted molar refractivity (Wildman–Crippen MR) is 135 cm³/mol. The molecule has 4 N–H and O–H groups in total. The summed E-state index contributed by atoms with van der Waals surface area (Å²) in [5, 5.41) is 42.8. The van der Waals surface area contributed by atoms with Gasteiger partial charge in [-0.1, -0.05) is 58.4 Å². The third-order valence-corrected chi connectivity index (χ3v) is 13.1. The van der Waals surface area contributed by atoms with E-state index in [-0.39, 0.29) is 40.6 Å². The van der Waals surface area contributed by atoms with Crippen LogP contribution in [0.15, 0.2) is 23.8 Å². The first-order valence-corrected chi connectivity index (χ1v) is 13.8. The van der Waals surface area contributed by atoms with E-state index in [0.29, 0.717) is 25.2 Å². The van der Waals surface area contributed by atoms with Crippen molar-refractivity contribution in [3.8, 4) is 0 Å². The van der Waals surface area contributed by atoms with Gasteiger partial charge in [-0.25, -0.2) is 0 Å². The number of carboxylic acids is 1. The lowest BCUT2D eigenvalue weighted by Gasteiger charge is -2.71. The van der Waals surface area contributed by atoms with Crippen molar-refractivity contribution in [3.05, 3.63) is 23.8 Å². The Balaban J connectivity index is 1.63. The Morgan fingerprint density at radius 2 is 1.77 bits per heavy atom. The number of allylic oxidation sites excluding steroid dienone is 3. The van der Waals surface area contributed by atoms with Gasteiger partial charge in [-0.3, -0.25) is 4.79 Å². The zero-order valence-corrected chi connectivity index (χ0v) is 22.3. The van der Waals surface area contributed by atoms with Crippen LogP contribution in [0.1, 0.15) is 86.0 Å². The molecule has 0 aromatic carbocycles. The van der Waals surface area contributed by atoms with Crippen LogP contribution in [0, 0.1) is 50.7 Å². The van der Waals surface area contributed by atoms with E-state index >= 15 is 0 Å². The fourth-order valence-corrected chi connectivity index (χ4v) is 10.7. The highest BCUT2D eigenvalue weighted by molar-refractivity contribution is 5.77. The number of aliphatic hydroxyl groups excluding tert-OH is 3. The molecule has 0 aliphatic heterocycles. The molecule has 196 valence electrons. The van der Waals surface area contributed by atoms with Crippen molar-refractivity contribution in [2.75, 3.05) is 6.61 Å². The van der Waals surface area contributed by atoms with Crippen LogP contribution in [0.4, 0.5) is 0 Å². The fourth-order valence-electron chi connectivity index (χ4n) is 10.7.